The van der Waals surface area contributed by atoms with Crippen LogP contribution in [0.25, 0.3) is 0 Å². The summed E-state index contributed by atoms with van der Waals surface area (Å²) in [6, 6.07) is 0. The van der Waals surface area contributed by atoms with Gasteiger partial charge in [0.05, 0.1) is 0 Å². The number of carbonyl (C=O) groups excluding carboxylic acids is 1. The second kappa shape index (κ2) is 5.73. The van der Waals surface area contributed by atoms with E-state index in [1.165, 1.54) is 0 Å². The summed E-state index contributed by atoms with van der Waals surface area (Å²) in [5.41, 5.74) is -0.521. The van der Waals surface area contributed by atoms with Crippen molar-refractivity contribution < 1.29 is 19.4 Å². The summed E-state index contributed by atoms with van der Waals surface area (Å²) in [5.74, 6) is -1.62. The van der Waals surface area contributed by atoms with Gasteiger partial charge in [0.1, 0.15) is 12.0 Å². The summed E-state index contributed by atoms with van der Waals surface area (Å²) in [5, 5.41) is 8.46. The quantitative estimate of drug-likeness (QED) is 0.546. The van der Waals surface area contributed by atoms with E-state index in [2.05, 4.69) is 0 Å². The molecule has 0 spiro atoms. The van der Waals surface area contributed by atoms with E-state index in [0.29, 0.717) is 12.8 Å². The van der Waals surface area contributed by atoms with Gasteiger partial charge >= 0.3 is 11.9 Å². The lowest BCUT2D eigenvalue weighted by atomic mass is 9.85. The number of ether oxygens (including phenoxy) is 1. The maximum absolute atomic E-state index is 11.3. The molecule has 0 radical (unpaired) electrons. The third-order valence-corrected chi connectivity index (χ3v) is 2.86. The van der Waals surface area contributed by atoms with Crippen molar-refractivity contribution in [2.45, 2.75) is 52.6 Å². The van der Waals surface area contributed by atoms with Crippen LogP contribution in [0, 0.1) is 5.92 Å². The van der Waals surface area contributed by atoms with Gasteiger partial charge in [0, 0.05) is 0 Å². The average Bonchev–Trinajstić information content (AvgIpc) is 2.12. The van der Waals surface area contributed by atoms with E-state index in [-0.39, 0.29) is 5.92 Å². The first-order valence-corrected chi connectivity index (χ1v) is 5.31. The Labute approximate surface area is 90.6 Å². The van der Waals surface area contributed by atoms with Crippen LogP contribution in [0.1, 0.15) is 47.0 Å². The van der Waals surface area contributed by atoms with Crippen molar-refractivity contribution in [1.82, 2.24) is 0 Å². The number of hydrogen-bond donors (Lipinski definition) is 1. The fourth-order valence-corrected chi connectivity index (χ4v) is 1.71. The molecule has 0 aromatic carbocycles. The first-order chi connectivity index (χ1) is 6.88. The minimum Gasteiger partial charge on any atom is -0.481 e. The monoisotopic (exact) mass is 216 g/mol. The Hall–Kier alpha value is -1.06. The zero-order valence-corrected chi connectivity index (χ0v) is 9.87. The molecule has 0 aliphatic heterocycles. The molecule has 0 aliphatic rings. The van der Waals surface area contributed by atoms with Crippen LogP contribution in [-0.2, 0) is 14.3 Å². The minimum absolute atomic E-state index is 0.185. The van der Waals surface area contributed by atoms with Gasteiger partial charge in [-0.1, -0.05) is 27.7 Å². The van der Waals surface area contributed by atoms with Gasteiger partial charge in [-0.25, -0.2) is 0 Å². The van der Waals surface area contributed by atoms with Crippen LogP contribution >= 0.6 is 0 Å². The summed E-state index contributed by atoms with van der Waals surface area (Å²) in [4.78, 5) is 21.6. The third kappa shape index (κ3) is 3.90. The molecule has 0 saturated heterocycles. The molecule has 0 fully saturated rings. The van der Waals surface area contributed by atoms with Crippen LogP contribution in [0.2, 0.25) is 0 Å². The Kier molecular flexibility index (Phi) is 5.33. The molecule has 0 atom stereocenters. The molecule has 0 amide bonds. The van der Waals surface area contributed by atoms with Gasteiger partial charge in [0.15, 0.2) is 0 Å². The summed E-state index contributed by atoms with van der Waals surface area (Å²) in [6.45, 7) is 7.83. The lowest BCUT2D eigenvalue weighted by Gasteiger charge is -2.35. The fourth-order valence-electron chi connectivity index (χ4n) is 1.71. The molecule has 0 rings (SSSR count). The lowest BCUT2D eigenvalue weighted by molar-refractivity contribution is -0.169. The topological polar surface area (TPSA) is 63.6 Å². The summed E-state index contributed by atoms with van der Waals surface area (Å²) < 4.78 is 5.29. The Balaban J connectivity index is 4.54. The maximum atomic E-state index is 11.3. The van der Waals surface area contributed by atoms with E-state index in [9.17, 15) is 9.59 Å². The SMILES string of the molecule is CCC(CC)(OC(=O)CC(=O)O)C(C)C. The van der Waals surface area contributed by atoms with Crippen molar-refractivity contribution in [2.75, 3.05) is 0 Å². The van der Waals surface area contributed by atoms with Crippen LogP contribution < -0.4 is 0 Å². The predicted molar refractivity (Wildman–Crippen MR) is 56.5 cm³/mol. The molecule has 0 aromatic rings. The zero-order valence-electron chi connectivity index (χ0n) is 9.87. The number of hydrogen-bond acceptors (Lipinski definition) is 3. The normalized spacial score (nSPS) is 11.5. The number of carboxylic acids is 1. The average molecular weight is 216 g/mol. The Morgan fingerprint density at radius 3 is 2.00 bits per heavy atom. The van der Waals surface area contributed by atoms with Crippen molar-refractivity contribution >= 4 is 11.9 Å². The molecule has 4 nitrogen and oxygen atoms in total. The van der Waals surface area contributed by atoms with Gasteiger partial charge in [-0.15, -0.1) is 0 Å². The highest BCUT2D eigenvalue weighted by molar-refractivity contribution is 5.90. The molecule has 0 heterocycles. The number of carbonyl (C=O) groups is 2. The number of esters is 1. The highest BCUT2D eigenvalue weighted by atomic mass is 16.6. The zero-order chi connectivity index (χ0) is 12.1. The number of rotatable bonds is 6. The van der Waals surface area contributed by atoms with Crippen molar-refractivity contribution in [3.8, 4) is 0 Å². The van der Waals surface area contributed by atoms with Crippen LogP contribution in [0.4, 0.5) is 0 Å². The molecule has 0 aliphatic carbocycles. The molecule has 4 heteroatoms. The summed E-state index contributed by atoms with van der Waals surface area (Å²) in [6.07, 6.45) is 0.841. The molecule has 0 bridgehead atoms. The van der Waals surface area contributed by atoms with Gasteiger partial charge in [0.25, 0.3) is 0 Å². The molecule has 0 saturated carbocycles. The van der Waals surface area contributed by atoms with Crippen molar-refractivity contribution in [3.05, 3.63) is 0 Å². The first kappa shape index (κ1) is 13.9. The van der Waals surface area contributed by atoms with Crippen LogP contribution in [-0.4, -0.2) is 22.6 Å². The molecular formula is C11H20O4. The van der Waals surface area contributed by atoms with Crippen LogP contribution in [0.15, 0.2) is 0 Å². The van der Waals surface area contributed by atoms with E-state index >= 15 is 0 Å². The minimum atomic E-state index is -1.15. The van der Waals surface area contributed by atoms with Gasteiger partial charge in [-0.3, -0.25) is 9.59 Å². The van der Waals surface area contributed by atoms with E-state index in [1.54, 1.807) is 0 Å². The first-order valence-electron chi connectivity index (χ1n) is 5.31. The van der Waals surface area contributed by atoms with E-state index in [1.807, 2.05) is 27.7 Å². The standard InChI is InChI=1S/C11H20O4/c1-5-11(6-2,8(3)4)15-10(14)7-9(12)13/h8H,5-7H2,1-4H3,(H,12,13). The van der Waals surface area contributed by atoms with Gasteiger partial charge in [-0.05, 0) is 18.8 Å². The second-order valence-electron chi connectivity index (χ2n) is 3.97. The Bertz CT molecular complexity index is 229. The molecular weight excluding hydrogens is 196 g/mol. The maximum Gasteiger partial charge on any atom is 0.317 e. The highest BCUT2D eigenvalue weighted by Crippen LogP contribution is 2.29. The smallest absolute Gasteiger partial charge is 0.317 e. The summed E-state index contributed by atoms with van der Waals surface area (Å²) >= 11 is 0. The van der Waals surface area contributed by atoms with Gasteiger partial charge < -0.3 is 9.84 Å². The summed E-state index contributed by atoms with van der Waals surface area (Å²) in [7, 11) is 0. The molecule has 15 heavy (non-hydrogen) atoms. The largest absolute Gasteiger partial charge is 0.481 e. The Morgan fingerprint density at radius 2 is 1.73 bits per heavy atom. The van der Waals surface area contributed by atoms with E-state index in [0.717, 1.165) is 0 Å². The van der Waals surface area contributed by atoms with Crippen molar-refractivity contribution in [2.24, 2.45) is 5.92 Å². The van der Waals surface area contributed by atoms with Gasteiger partial charge in [0.2, 0.25) is 0 Å². The van der Waals surface area contributed by atoms with Crippen molar-refractivity contribution in [1.29, 1.82) is 0 Å². The van der Waals surface area contributed by atoms with E-state index < -0.39 is 24.0 Å². The third-order valence-electron chi connectivity index (χ3n) is 2.86. The van der Waals surface area contributed by atoms with Crippen LogP contribution in [0.3, 0.4) is 0 Å². The second-order valence-corrected chi connectivity index (χ2v) is 3.97. The van der Waals surface area contributed by atoms with Crippen molar-refractivity contribution in [3.63, 3.8) is 0 Å². The lowest BCUT2D eigenvalue weighted by Crippen LogP contribution is -2.39. The van der Waals surface area contributed by atoms with E-state index in [4.69, 9.17) is 9.84 Å². The van der Waals surface area contributed by atoms with Gasteiger partial charge in [-0.2, -0.15) is 0 Å². The predicted octanol–water partition coefficient (Wildman–Crippen LogP) is 2.22. The fraction of sp³-hybridized carbons (Fsp3) is 0.818. The Morgan fingerprint density at radius 1 is 1.27 bits per heavy atom. The van der Waals surface area contributed by atoms with Crippen LogP contribution in [0.5, 0.6) is 0 Å². The number of carboxylic acid groups (broad SMARTS) is 1. The molecule has 0 unspecified atom stereocenters. The highest BCUT2D eigenvalue weighted by Gasteiger charge is 2.34. The molecule has 0 aromatic heterocycles. The number of aliphatic carboxylic acids is 1. The molecule has 88 valence electrons. The molecule has 1 N–H and O–H groups in total.